The molecule has 0 aliphatic heterocycles. The van der Waals surface area contributed by atoms with Crippen LogP contribution in [0.2, 0.25) is 0 Å². The van der Waals surface area contributed by atoms with Crippen molar-refractivity contribution < 1.29 is 0 Å². The molecular formula is C17H29N. The molecule has 1 aromatic rings. The summed E-state index contributed by atoms with van der Waals surface area (Å²) >= 11 is 0. The zero-order valence-corrected chi connectivity index (χ0v) is 12.9. The highest BCUT2D eigenvalue weighted by molar-refractivity contribution is 5.29. The Morgan fingerprint density at radius 3 is 2.06 bits per heavy atom. The first-order valence-electron chi connectivity index (χ1n) is 7.18. The van der Waals surface area contributed by atoms with Crippen molar-refractivity contribution in [3.8, 4) is 0 Å². The second-order valence-electron chi connectivity index (χ2n) is 6.47. The predicted octanol–water partition coefficient (Wildman–Crippen LogP) is 4.48. The number of hydrogen-bond donors (Lipinski definition) is 1. The number of nitrogens with one attached hydrogen (secondary N) is 1. The summed E-state index contributed by atoms with van der Waals surface area (Å²) in [5, 5.41) is 3.48. The van der Waals surface area contributed by atoms with E-state index >= 15 is 0 Å². The van der Waals surface area contributed by atoms with E-state index in [1.54, 1.807) is 0 Å². The lowest BCUT2D eigenvalue weighted by Gasteiger charge is -2.21. The maximum absolute atomic E-state index is 3.48. The SMILES string of the molecule is CCNC(C)CC(C)c1ccc(C(C)(C)C)cc1. The lowest BCUT2D eigenvalue weighted by molar-refractivity contribution is 0.491. The summed E-state index contributed by atoms with van der Waals surface area (Å²) in [6.07, 6.45) is 1.20. The summed E-state index contributed by atoms with van der Waals surface area (Å²) in [6, 6.07) is 9.74. The van der Waals surface area contributed by atoms with E-state index in [2.05, 4.69) is 71.1 Å². The van der Waals surface area contributed by atoms with Crippen LogP contribution in [0.5, 0.6) is 0 Å². The van der Waals surface area contributed by atoms with Crippen LogP contribution in [0.3, 0.4) is 0 Å². The molecule has 0 aliphatic carbocycles. The molecule has 0 radical (unpaired) electrons. The van der Waals surface area contributed by atoms with Gasteiger partial charge in [-0.1, -0.05) is 58.9 Å². The van der Waals surface area contributed by atoms with Crippen LogP contribution in [-0.2, 0) is 5.41 Å². The first-order chi connectivity index (χ1) is 8.34. The highest BCUT2D eigenvalue weighted by Crippen LogP contribution is 2.26. The van der Waals surface area contributed by atoms with Gasteiger partial charge in [0, 0.05) is 6.04 Å². The second kappa shape index (κ2) is 6.38. The van der Waals surface area contributed by atoms with Gasteiger partial charge in [-0.3, -0.25) is 0 Å². The van der Waals surface area contributed by atoms with Crippen LogP contribution in [0.4, 0.5) is 0 Å². The summed E-state index contributed by atoms with van der Waals surface area (Å²) in [5.41, 5.74) is 3.12. The van der Waals surface area contributed by atoms with E-state index in [-0.39, 0.29) is 5.41 Å². The van der Waals surface area contributed by atoms with E-state index in [0.717, 1.165) is 6.54 Å². The first-order valence-corrected chi connectivity index (χ1v) is 7.18. The van der Waals surface area contributed by atoms with Crippen molar-refractivity contribution in [3.05, 3.63) is 35.4 Å². The Bertz CT molecular complexity index is 345. The molecule has 0 aromatic heterocycles. The van der Waals surface area contributed by atoms with Gasteiger partial charge in [0.1, 0.15) is 0 Å². The molecule has 1 rings (SSSR count). The lowest BCUT2D eigenvalue weighted by atomic mass is 9.85. The minimum Gasteiger partial charge on any atom is -0.315 e. The molecule has 1 N–H and O–H groups in total. The molecule has 0 aliphatic rings. The van der Waals surface area contributed by atoms with Gasteiger partial charge in [0.2, 0.25) is 0 Å². The molecule has 1 aromatic carbocycles. The van der Waals surface area contributed by atoms with Crippen molar-refractivity contribution in [1.29, 1.82) is 0 Å². The summed E-state index contributed by atoms with van der Waals surface area (Å²) in [7, 11) is 0. The van der Waals surface area contributed by atoms with Crippen LogP contribution in [-0.4, -0.2) is 12.6 Å². The largest absolute Gasteiger partial charge is 0.315 e. The van der Waals surface area contributed by atoms with Crippen molar-refractivity contribution in [2.45, 2.75) is 65.3 Å². The van der Waals surface area contributed by atoms with Gasteiger partial charge in [0.05, 0.1) is 0 Å². The standard InChI is InChI=1S/C17H29N/c1-7-18-14(3)12-13(2)15-8-10-16(11-9-15)17(4,5)6/h8-11,13-14,18H,7,12H2,1-6H3. The van der Waals surface area contributed by atoms with Gasteiger partial charge in [0.15, 0.2) is 0 Å². The molecule has 0 bridgehead atoms. The van der Waals surface area contributed by atoms with Crippen LogP contribution in [0.1, 0.15) is 65.0 Å². The van der Waals surface area contributed by atoms with Gasteiger partial charge in [0.25, 0.3) is 0 Å². The molecule has 0 amide bonds. The summed E-state index contributed by atoms with van der Waals surface area (Å²) in [5.74, 6) is 0.619. The quantitative estimate of drug-likeness (QED) is 0.809. The fourth-order valence-electron chi connectivity index (χ4n) is 2.41. The third-order valence-corrected chi connectivity index (χ3v) is 3.61. The number of rotatable bonds is 5. The maximum Gasteiger partial charge on any atom is 0.00443 e. The van der Waals surface area contributed by atoms with Crippen LogP contribution in [0, 0.1) is 0 Å². The Hall–Kier alpha value is -0.820. The third-order valence-electron chi connectivity index (χ3n) is 3.61. The highest BCUT2D eigenvalue weighted by Gasteiger charge is 2.14. The van der Waals surface area contributed by atoms with Gasteiger partial charge in [-0.05, 0) is 42.3 Å². The van der Waals surface area contributed by atoms with E-state index < -0.39 is 0 Å². The van der Waals surface area contributed by atoms with Crippen molar-refractivity contribution in [2.24, 2.45) is 0 Å². The van der Waals surface area contributed by atoms with E-state index in [4.69, 9.17) is 0 Å². The van der Waals surface area contributed by atoms with E-state index in [1.807, 2.05) is 0 Å². The average molecular weight is 247 g/mol. The van der Waals surface area contributed by atoms with Crippen molar-refractivity contribution in [2.75, 3.05) is 6.54 Å². The van der Waals surface area contributed by atoms with Gasteiger partial charge >= 0.3 is 0 Å². The van der Waals surface area contributed by atoms with E-state index in [9.17, 15) is 0 Å². The highest BCUT2D eigenvalue weighted by atomic mass is 14.9. The monoisotopic (exact) mass is 247 g/mol. The van der Waals surface area contributed by atoms with Crippen molar-refractivity contribution in [1.82, 2.24) is 5.32 Å². The molecule has 1 heteroatoms. The van der Waals surface area contributed by atoms with Crippen LogP contribution in [0.15, 0.2) is 24.3 Å². The van der Waals surface area contributed by atoms with Crippen LogP contribution >= 0.6 is 0 Å². The molecule has 102 valence electrons. The normalized spacial score (nSPS) is 15.4. The molecule has 2 atom stereocenters. The number of hydrogen-bond acceptors (Lipinski definition) is 1. The minimum absolute atomic E-state index is 0.249. The molecule has 0 spiro atoms. The summed E-state index contributed by atoms with van der Waals surface area (Å²) < 4.78 is 0. The second-order valence-corrected chi connectivity index (χ2v) is 6.47. The van der Waals surface area contributed by atoms with Crippen molar-refractivity contribution >= 4 is 0 Å². The Labute approximate surface area is 113 Å². The Balaban J connectivity index is 2.67. The minimum atomic E-state index is 0.249. The summed E-state index contributed by atoms with van der Waals surface area (Å²) in [6.45, 7) is 14.6. The molecule has 2 unspecified atom stereocenters. The van der Waals surface area contributed by atoms with Crippen molar-refractivity contribution in [3.63, 3.8) is 0 Å². The molecule has 0 heterocycles. The predicted molar refractivity (Wildman–Crippen MR) is 81.3 cm³/mol. The Morgan fingerprint density at radius 1 is 1.06 bits per heavy atom. The maximum atomic E-state index is 3.48. The van der Waals surface area contributed by atoms with E-state index in [0.29, 0.717) is 12.0 Å². The van der Waals surface area contributed by atoms with Gasteiger partial charge in [-0.25, -0.2) is 0 Å². The first kappa shape index (κ1) is 15.2. The van der Waals surface area contributed by atoms with Gasteiger partial charge in [-0.2, -0.15) is 0 Å². The molecule has 0 saturated heterocycles. The molecular weight excluding hydrogens is 218 g/mol. The fourth-order valence-corrected chi connectivity index (χ4v) is 2.41. The zero-order valence-electron chi connectivity index (χ0n) is 12.9. The topological polar surface area (TPSA) is 12.0 Å². The average Bonchev–Trinajstić information content (AvgIpc) is 2.28. The summed E-state index contributed by atoms with van der Waals surface area (Å²) in [4.78, 5) is 0. The van der Waals surface area contributed by atoms with Crippen LogP contribution in [0.25, 0.3) is 0 Å². The van der Waals surface area contributed by atoms with E-state index in [1.165, 1.54) is 17.5 Å². The smallest absolute Gasteiger partial charge is 0.00443 e. The van der Waals surface area contributed by atoms with Crippen LogP contribution < -0.4 is 5.32 Å². The molecule has 1 nitrogen and oxygen atoms in total. The molecule has 0 saturated carbocycles. The lowest BCUT2D eigenvalue weighted by Crippen LogP contribution is -2.26. The Morgan fingerprint density at radius 2 is 1.61 bits per heavy atom. The fraction of sp³-hybridized carbons (Fsp3) is 0.647. The molecule has 18 heavy (non-hydrogen) atoms. The number of benzene rings is 1. The Kier molecular flexibility index (Phi) is 5.40. The zero-order chi connectivity index (χ0) is 13.8. The molecule has 0 fully saturated rings. The van der Waals surface area contributed by atoms with Gasteiger partial charge in [-0.15, -0.1) is 0 Å². The van der Waals surface area contributed by atoms with Gasteiger partial charge < -0.3 is 5.32 Å². The third kappa shape index (κ3) is 4.45.